The van der Waals surface area contributed by atoms with Gasteiger partial charge in [0, 0.05) is 5.39 Å². The van der Waals surface area contributed by atoms with E-state index in [9.17, 15) is 19.2 Å². The number of carbonyl (C=O) groups is 3. The van der Waals surface area contributed by atoms with Gasteiger partial charge in [-0.1, -0.05) is 32.0 Å². The molecule has 1 aromatic carbocycles. The van der Waals surface area contributed by atoms with E-state index in [1.807, 2.05) is 13.8 Å². The number of fused-ring (bicyclic) bond motifs is 1. The molecule has 2 N–H and O–H groups in total. The summed E-state index contributed by atoms with van der Waals surface area (Å²) in [7, 11) is 1.23. The Morgan fingerprint density at radius 2 is 1.85 bits per heavy atom. The van der Waals surface area contributed by atoms with Crippen LogP contribution >= 0.6 is 0 Å². The molecule has 0 aliphatic rings. The lowest BCUT2D eigenvalue weighted by atomic mass is 10.0. The SMILES string of the molecule is COC(=O)[C@@H](CC(C)C)NC(=O)COC(=O)c1n[nH]c(=O)c2ccccc12. The summed E-state index contributed by atoms with van der Waals surface area (Å²) in [4.78, 5) is 47.8. The van der Waals surface area contributed by atoms with Gasteiger partial charge in [0.1, 0.15) is 6.04 Å². The van der Waals surface area contributed by atoms with Crippen LogP contribution in [0.15, 0.2) is 29.1 Å². The zero-order chi connectivity index (χ0) is 20.0. The number of nitrogens with one attached hydrogen (secondary N) is 2. The maximum atomic E-state index is 12.2. The second kappa shape index (κ2) is 8.93. The van der Waals surface area contributed by atoms with Gasteiger partial charge in [-0.05, 0) is 18.4 Å². The van der Waals surface area contributed by atoms with Gasteiger partial charge in [0.2, 0.25) is 0 Å². The first-order valence-corrected chi connectivity index (χ1v) is 8.35. The maximum absolute atomic E-state index is 12.2. The molecule has 1 atom stereocenters. The van der Waals surface area contributed by atoms with Crippen molar-refractivity contribution in [3.8, 4) is 0 Å². The molecule has 27 heavy (non-hydrogen) atoms. The standard InChI is InChI=1S/C18H21N3O6/c1-10(2)8-13(17(24)26-3)19-14(22)9-27-18(25)15-11-6-4-5-7-12(11)16(23)21-20-15/h4-7,10,13H,8-9H2,1-3H3,(H,19,22)(H,21,23)/t13-/m1/s1. The van der Waals surface area contributed by atoms with Crippen molar-refractivity contribution in [3.05, 3.63) is 40.3 Å². The predicted molar refractivity (Wildman–Crippen MR) is 96.0 cm³/mol. The number of aromatic nitrogens is 2. The van der Waals surface area contributed by atoms with Gasteiger partial charge in [0.25, 0.3) is 11.5 Å². The van der Waals surface area contributed by atoms with Crippen molar-refractivity contribution in [1.82, 2.24) is 15.5 Å². The van der Waals surface area contributed by atoms with E-state index in [1.165, 1.54) is 7.11 Å². The number of hydrogen-bond donors (Lipinski definition) is 2. The summed E-state index contributed by atoms with van der Waals surface area (Å²) in [6, 6.07) is 5.59. The first-order valence-electron chi connectivity index (χ1n) is 8.35. The van der Waals surface area contributed by atoms with Crippen LogP contribution in [0.2, 0.25) is 0 Å². The third kappa shape index (κ3) is 5.13. The molecule has 0 aliphatic carbocycles. The Balaban J connectivity index is 2.05. The normalized spacial score (nSPS) is 11.9. The summed E-state index contributed by atoms with van der Waals surface area (Å²) in [5.74, 6) is -1.94. The quantitative estimate of drug-likeness (QED) is 0.685. The Kier molecular flexibility index (Phi) is 6.64. The van der Waals surface area contributed by atoms with E-state index in [-0.39, 0.29) is 17.0 Å². The van der Waals surface area contributed by atoms with Gasteiger partial charge < -0.3 is 14.8 Å². The van der Waals surface area contributed by atoms with Crippen LogP contribution in [0.5, 0.6) is 0 Å². The second-order valence-electron chi connectivity index (χ2n) is 6.30. The lowest BCUT2D eigenvalue weighted by molar-refractivity contribution is -0.145. The first-order chi connectivity index (χ1) is 12.8. The van der Waals surface area contributed by atoms with Crippen molar-refractivity contribution >= 4 is 28.6 Å². The Morgan fingerprint density at radius 1 is 1.19 bits per heavy atom. The summed E-state index contributed by atoms with van der Waals surface area (Å²) in [5.41, 5.74) is -0.542. The van der Waals surface area contributed by atoms with Crippen LogP contribution in [0.25, 0.3) is 10.8 Å². The van der Waals surface area contributed by atoms with Crippen molar-refractivity contribution in [3.63, 3.8) is 0 Å². The number of rotatable bonds is 7. The van der Waals surface area contributed by atoms with Crippen LogP contribution < -0.4 is 10.9 Å². The summed E-state index contributed by atoms with van der Waals surface area (Å²) < 4.78 is 9.63. The molecule has 0 saturated heterocycles. The monoisotopic (exact) mass is 375 g/mol. The van der Waals surface area contributed by atoms with Crippen molar-refractivity contribution in [2.45, 2.75) is 26.3 Å². The molecule has 0 aliphatic heterocycles. The van der Waals surface area contributed by atoms with Gasteiger partial charge in [-0.15, -0.1) is 0 Å². The number of carbonyl (C=O) groups excluding carboxylic acids is 3. The molecule has 9 heteroatoms. The third-order valence-electron chi connectivity index (χ3n) is 3.75. The predicted octanol–water partition coefficient (Wildman–Crippen LogP) is 0.784. The van der Waals surface area contributed by atoms with Crippen molar-refractivity contribution in [1.29, 1.82) is 0 Å². The molecular formula is C18H21N3O6. The Hall–Kier alpha value is -3.23. The summed E-state index contributed by atoms with van der Waals surface area (Å²) in [6.07, 6.45) is 0.387. The fraction of sp³-hybridized carbons (Fsp3) is 0.389. The van der Waals surface area contributed by atoms with Crippen LogP contribution in [0, 0.1) is 5.92 Å². The second-order valence-corrected chi connectivity index (χ2v) is 6.30. The number of amides is 1. The van der Waals surface area contributed by atoms with Gasteiger partial charge in [-0.25, -0.2) is 14.7 Å². The highest BCUT2D eigenvalue weighted by Crippen LogP contribution is 2.13. The average molecular weight is 375 g/mol. The van der Waals surface area contributed by atoms with Crippen LogP contribution in [-0.4, -0.2) is 47.8 Å². The molecule has 1 aromatic heterocycles. The molecule has 0 fully saturated rings. The van der Waals surface area contributed by atoms with Crippen LogP contribution in [0.1, 0.15) is 30.8 Å². The zero-order valence-corrected chi connectivity index (χ0v) is 15.3. The minimum atomic E-state index is -0.865. The van der Waals surface area contributed by atoms with Gasteiger partial charge in [-0.3, -0.25) is 9.59 Å². The minimum Gasteiger partial charge on any atom is -0.467 e. The molecule has 0 saturated carbocycles. The Morgan fingerprint density at radius 3 is 2.48 bits per heavy atom. The average Bonchev–Trinajstić information content (AvgIpc) is 2.65. The minimum absolute atomic E-state index is 0.107. The molecule has 144 valence electrons. The summed E-state index contributed by atoms with van der Waals surface area (Å²) in [5, 5.41) is 9.01. The molecule has 1 heterocycles. The highest BCUT2D eigenvalue weighted by molar-refractivity contribution is 6.02. The molecule has 9 nitrogen and oxygen atoms in total. The number of aromatic amines is 1. The first kappa shape index (κ1) is 20.1. The summed E-state index contributed by atoms with van der Waals surface area (Å²) >= 11 is 0. The van der Waals surface area contributed by atoms with E-state index in [4.69, 9.17) is 4.74 Å². The van der Waals surface area contributed by atoms with Gasteiger partial charge in [0.05, 0.1) is 12.5 Å². The number of esters is 2. The fourth-order valence-corrected chi connectivity index (χ4v) is 2.53. The van der Waals surface area contributed by atoms with Crippen molar-refractivity contribution in [2.75, 3.05) is 13.7 Å². The van der Waals surface area contributed by atoms with Crippen molar-refractivity contribution < 1.29 is 23.9 Å². The number of nitrogens with zero attached hydrogens (tertiary/aromatic N) is 1. The third-order valence-corrected chi connectivity index (χ3v) is 3.75. The molecule has 0 unspecified atom stereocenters. The highest BCUT2D eigenvalue weighted by atomic mass is 16.5. The summed E-state index contributed by atoms with van der Waals surface area (Å²) in [6.45, 7) is 3.20. The molecule has 0 radical (unpaired) electrons. The maximum Gasteiger partial charge on any atom is 0.359 e. The van der Waals surface area contributed by atoms with E-state index in [2.05, 4.69) is 20.3 Å². The van der Waals surface area contributed by atoms with Crippen LogP contribution in [-0.2, 0) is 19.1 Å². The molecule has 1 amide bonds. The molecule has 2 rings (SSSR count). The van der Waals surface area contributed by atoms with E-state index in [1.54, 1.807) is 24.3 Å². The zero-order valence-electron chi connectivity index (χ0n) is 15.3. The van der Waals surface area contributed by atoms with Gasteiger partial charge in [-0.2, -0.15) is 5.10 Å². The van der Waals surface area contributed by atoms with E-state index >= 15 is 0 Å². The van der Waals surface area contributed by atoms with Gasteiger partial charge in [0.15, 0.2) is 12.3 Å². The number of H-pyrrole nitrogens is 1. The topological polar surface area (TPSA) is 127 Å². The van der Waals surface area contributed by atoms with Crippen LogP contribution in [0.3, 0.4) is 0 Å². The van der Waals surface area contributed by atoms with Crippen molar-refractivity contribution in [2.24, 2.45) is 5.92 Å². The smallest absolute Gasteiger partial charge is 0.359 e. The van der Waals surface area contributed by atoms with Crippen LogP contribution in [0.4, 0.5) is 0 Å². The lowest BCUT2D eigenvalue weighted by Gasteiger charge is -2.18. The number of ether oxygens (including phenoxy) is 2. The number of methoxy groups -OCH3 is 1. The van der Waals surface area contributed by atoms with E-state index < -0.39 is 36.1 Å². The molecule has 0 bridgehead atoms. The molecular weight excluding hydrogens is 354 g/mol. The lowest BCUT2D eigenvalue weighted by Crippen LogP contribution is -2.44. The Labute approximate surface area is 155 Å². The molecule has 0 spiro atoms. The Bertz CT molecular complexity index is 905. The number of hydrogen-bond acceptors (Lipinski definition) is 7. The van der Waals surface area contributed by atoms with E-state index in [0.29, 0.717) is 11.8 Å². The molecule has 2 aromatic rings. The fourth-order valence-electron chi connectivity index (χ4n) is 2.53. The largest absolute Gasteiger partial charge is 0.467 e. The number of benzene rings is 1. The van der Waals surface area contributed by atoms with E-state index in [0.717, 1.165) is 0 Å². The highest BCUT2D eigenvalue weighted by Gasteiger charge is 2.23. The van der Waals surface area contributed by atoms with Gasteiger partial charge >= 0.3 is 11.9 Å².